The van der Waals surface area contributed by atoms with E-state index in [0.717, 1.165) is 6.07 Å². The fourth-order valence-corrected chi connectivity index (χ4v) is 1.41. The number of carbonyl (C=O) groups is 1. The molecule has 0 atom stereocenters. The van der Waals surface area contributed by atoms with Crippen molar-refractivity contribution < 1.29 is 18.7 Å². The van der Waals surface area contributed by atoms with Crippen molar-refractivity contribution in [2.45, 2.75) is 6.92 Å². The first-order valence-electron chi connectivity index (χ1n) is 3.98. The minimum absolute atomic E-state index is 0.0573. The summed E-state index contributed by atoms with van der Waals surface area (Å²) in [6.07, 6.45) is 0. The molecule has 0 fully saturated rings. The summed E-state index contributed by atoms with van der Waals surface area (Å²) in [5.41, 5.74) is -0.286. The number of halogens is 3. The monoisotopic (exact) mass is 276 g/mol. The van der Waals surface area contributed by atoms with Crippen LogP contribution in [0.4, 0.5) is 8.78 Å². The fraction of sp³-hybridized carbons (Fsp3) is 0.100. The van der Waals surface area contributed by atoms with Crippen LogP contribution in [0.2, 0.25) is 0 Å². The second-order valence-corrected chi connectivity index (χ2v) is 3.78. The van der Waals surface area contributed by atoms with E-state index in [4.69, 9.17) is 5.11 Å². The van der Waals surface area contributed by atoms with Gasteiger partial charge in [-0.05, 0) is 19.1 Å². The van der Waals surface area contributed by atoms with E-state index >= 15 is 0 Å². The predicted octanol–water partition coefficient (Wildman–Crippen LogP) is 3.37. The molecule has 0 saturated carbocycles. The molecule has 0 aliphatic carbocycles. The molecule has 0 aliphatic rings. The van der Waals surface area contributed by atoms with Gasteiger partial charge in [-0.3, -0.25) is 0 Å². The highest BCUT2D eigenvalue weighted by molar-refractivity contribution is 9.10. The van der Waals surface area contributed by atoms with E-state index in [-0.39, 0.29) is 11.1 Å². The third kappa shape index (κ3) is 2.62. The van der Waals surface area contributed by atoms with Crippen LogP contribution in [0.1, 0.15) is 12.5 Å². The second-order valence-electron chi connectivity index (χ2n) is 2.87. The molecule has 0 unspecified atom stereocenters. The lowest BCUT2D eigenvalue weighted by Crippen LogP contribution is -1.99. The van der Waals surface area contributed by atoms with E-state index in [1.165, 1.54) is 19.1 Å². The Balaban J connectivity index is 3.29. The Morgan fingerprint density at radius 1 is 1.47 bits per heavy atom. The summed E-state index contributed by atoms with van der Waals surface area (Å²) in [5, 5.41) is 8.39. The van der Waals surface area contributed by atoms with Crippen LogP contribution in [0, 0.1) is 5.82 Å². The van der Waals surface area contributed by atoms with Gasteiger partial charge in [0.25, 0.3) is 0 Å². The first kappa shape index (κ1) is 11.8. The molecular formula is C10H7BrF2O2. The first-order valence-corrected chi connectivity index (χ1v) is 4.78. The number of rotatable bonds is 2. The van der Waals surface area contributed by atoms with E-state index in [9.17, 15) is 13.6 Å². The van der Waals surface area contributed by atoms with Gasteiger partial charge in [-0.1, -0.05) is 22.0 Å². The van der Waals surface area contributed by atoms with Crippen LogP contribution in [0.3, 0.4) is 0 Å². The zero-order valence-corrected chi connectivity index (χ0v) is 9.31. The summed E-state index contributed by atoms with van der Waals surface area (Å²) >= 11 is 3.05. The maximum Gasteiger partial charge on any atom is 0.365 e. The Labute approximate surface area is 93.4 Å². The van der Waals surface area contributed by atoms with Crippen LogP contribution >= 0.6 is 15.9 Å². The lowest BCUT2D eigenvalue weighted by Gasteiger charge is -2.04. The van der Waals surface area contributed by atoms with E-state index < -0.39 is 17.6 Å². The molecule has 1 aromatic carbocycles. The molecule has 0 aliphatic heterocycles. The lowest BCUT2D eigenvalue weighted by atomic mass is 10.1. The van der Waals surface area contributed by atoms with Crippen molar-refractivity contribution in [3.8, 4) is 0 Å². The van der Waals surface area contributed by atoms with Crippen LogP contribution in [-0.4, -0.2) is 11.1 Å². The molecule has 2 nitrogen and oxygen atoms in total. The fourth-order valence-electron chi connectivity index (χ4n) is 1.07. The van der Waals surface area contributed by atoms with Crippen LogP contribution in [0.25, 0.3) is 5.57 Å². The van der Waals surface area contributed by atoms with Crippen molar-refractivity contribution in [2.75, 3.05) is 0 Å². The molecule has 80 valence electrons. The van der Waals surface area contributed by atoms with Crippen molar-refractivity contribution in [3.63, 3.8) is 0 Å². The van der Waals surface area contributed by atoms with Gasteiger partial charge in [-0.2, -0.15) is 4.39 Å². The molecule has 1 N–H and O–H groups in total. The van der Waals surface area contributed by atoms with Gasteiger partial charge in [0.2, 0.25) is 5.83 Å². The van der Waals surface area contributed by atoms with E-state index in [2.05, 4.69) is 15.9 Å². The van der Waals surface area contributed by atoms with Crippen LogP contribution in [0.5, 0.6) is 0 Å². The summed E-state index contributed by atoms with van der Waals surface area (Å²) in [4.78, 5) is 10.3. The van der Waals surface area contributed by atoms with Gasteiger partial charge in [-0.15, -0.1) is 0 Å². The Hall–Kier alpha value is -1.23. The van der Waals surface area contributed by atoms with Gasteiger partial charge in [0.05, 0.1) is 0 Å². The summed E-state index contributed by atoms with van der Waals surface area (Å²) in [6, 6.07) is 3.97. The maximum absolute atomic E-state index is 13.3. The van der Waals surface area contributed by atoms with Crippen molar-refractivity contribution in [1.29, 1.82) is 0 Å². The first-order chi connectivity index (χ1) is 6.93. The molecule has 0 saturated heterocycles. The summed E-state index contributed by atoms with van der Waals surface area (Å²) in [5.74, 6) is -3.72. The van der Waals surface area contributed by atoms with Crippen LogP contribution in [-0.2, 0) is 4.79 Å². The molecule has 0 radical (unpaired) electrons. The molecule has 15 heavy (non-hydrogen) atoms. The minimum Gasteiger partial charge on any atom is -0.476 e. The van der Waals surface area contributed by atoms with Crippen LogP contribution in [0.15, 0.2) is 28.5 Å². The number of hydrogen-bond donors (Lipinski definition) is 1. The molecule has 0 spiro atoms. The SMILES string of the molecule is C/C(=C(/F)C(=O)O)c1ccc(Br)cc1F. The van der Waals surface area contributed by atoms with E-state index in [0.29, 0.717) is 4.47 Å². The molecule has 5 heteroatoms. The van der Waals surface area contributed by atoms with Gasteiger partial charge < -0.3 is 5.11 Å². The highest BCUT2D eigenvalue weighted by Crippen LogP contribution is 2.24. The Bertz CT molecular complexity index is 441. The average Bonchev–Trinajstić information content (AvgIpc) is 2.15. The normalized spacial score (nSPS) is 12.3. The number of carboxylic acid groups (broad SMARTS) is 1. The number of carboxylic acids is 1. The number of allylic oxidation sites excluding steroid dienone is 1. The molecular weight excluding hydrogens is 270 g/mol. The summed E-state index contributed by atoms with van der Waals surface area (Å²) in [7, 11) is 0. The molecule has 0 bridgehead atoms. The number of aliphatic carboxylic acids is 1. The topological polar surface area (TPSA) is 37.3 Å². The van der Waals surface area contributed by atoms with Crippen molar-refractivity contribution in [1.82, 2.24) is 0 Å². The van der Waals surface area contributed by atoms with Crippen molar-refractivity contribution in [2.24, 2.45) is 0 Å². The van der Waals surface area contributed by atoms with Crippen molar-refractivity contribution >= 4 is 27.5 Å². The largest absolute Gasteiger partial charge is 0.476 e. The smallest absolute Gasteiger partial charge is 0.365 e. The maximum atomic E-state index is 13.3. The number of hydrogen-bond acceptors (Lipinski definition) is 1. The zero-order chi connectivity index (χ0) is 11.6. The second kappa shape index (κ2) is 4.53. The van der Waals surface area contributed by atoms with Gasteiger partial charge in [0.1, 0.15) is 5.82 Å². The molecule has 1 aromatic rings. The third-order valence-corrected chi connectivity index (χ3v) is 2.35. The average molecular weight is 277 g/mol. The van der Waals surface area contributed by atoms with Crippen molar-refractivity contribution in [3.05, 3.63) is 39.9 Å². The standard InChI is InChI=1S/C10H7BrF2O2/c1-5(9(13)10(14)15)7-3-2-6(11)4-8(7)12/h2-4H,1H3,(H,14,15)/b9-5-. The molecule has 0 amide bonds. The lowest BCUT2D eigenvalue weighted by molar-refractivity contribution is -0.134. The minimum atomic E-state index is -1.70. The quantitative estimate of drug-likeness (QED) is 0.841. The third-order valence-electron chi connectivity index (χ3n) is 1.85. The Kier molecular flexibility index (Phi) is 3.57. The predicted molar refractivity (Wildman–Crippen MR) is 55.4 cm³/mol. The molecule has 0 aromatic heterocycles. The highest BCUT2D eigenvalue weighted by atomic mass is 79.9. The van der Waals surface area contributed by atoms with Gasteiger partial charge in [0, 0.05) is 15.6 Å². The Morgan fingerprint density at radius 2 is 2.07 bits per heavy atom. The van der Waals surface area contributed by atoms with Gasteiger partial charge >= 0.3 is 5.97 Å². The number of benzene rings is 1. The summed E-state index contributed by atoms with van der Waals surface area (Å²) < 4.78 is 26.8. The van der Waals surface area contributed by atoms with Crippen LogP contribution < -0.4 is 0 Å². The van der Waals surface area contributed by atoms with Gasteiger partial charge in [-0.25, -0.2) is 9.18 Å². The van der Waals surface area contributed by atoms with E-state index in [1.54, 1.807) is 0 Å². The van der Waals surface area contributed by atoms with Gasteiger partial charge in [0.15, 0.2) is 0 Å². The Morgan fingerprint density at radius 3 is 2.53 bits per heavy atom. The highest BCUT2D eigenvalue weighted by Gasteiger charge is 2.14. The molecule has 1 rings (SSSR count). The molecule has 0 heterocycles. The zero-order valence-electron chi connectivity index (χ0n) is 7.72. The summed E-state index contributed by atoms with van der Waals surface area (Å²) in [6.45, 7) is 1.22. The van der Waals surface area contributed by atoms with E-state index in [1.807, 2.05) is 0 Å².